The fraction of sp³-hybridized carbons (Fsp3) is 0.125. The van der Waals surface area contributed by atoms with Gasteiger partial charge in [-0.3, -0.25) is 20.4 Å². The minimum Gasteiger partial charge on any atom is -0.406 e. The highest BCUT2D eigenvalue weighted by molar-refractivity contribution is 8.00. The second kappa shape index (κ2) is 8.81. The van der Waals surface area contributed by atoms with E-state index in [9.17, 15) is 22.8 Å². The molecule has 0 aliphatic heterocycles. The van der Waals surface area contributed by atoms with Gasteiger partial charge in [-0.15, -0.1) is 24.9 Å². The Morgan fingerprint density at radius 3 is 2.19 bits per heavy atom. The highest BCUT2D eigenvalue weighted by Crippen LogP contribution is 2.22. The van der Waals surface area contributed by atoms with Crippen molar-refractivity contribution in [2.75, 3.05) is 5.75 Å². The van der Waals surface area contributed by atoms with Crippen LogP contribution < -0.4 is 15.6 Å². The Labute approximate surface area is 155 Å². The van der Waals surface area contributed by atoms with E-state index in [0.29, 0.717) is 5.02 Å². The van der Waals surface area contributed by atoms with Gasteiger partial charge in [0.1, 0.15) is 5.75 Å². The van der Waals surface area contributed by atoms with E-state index < -0.39 is 23.9 Å². The summed E-state index contributed by atoms with van der Waals surface area (Å²) in [6, 6.07) is 11.2. The first-order valence-electron chi connectivity index (χ1n) is 7.06. The number of hydrogen-bond acceptors (Lipinski definition) is 4. The zero-order valence-corrected chi connectivity index (χ0v) is 14.5. The predicted molar refractivity (Wildman–Crippen MR) is 90.9 cm³/mol. The summed E-state index contributed by atoms with van der Waals surface area (Å²) in [4.78, 5) is 24.4. The maximum absolute atomic E-state index is 12.1. The van der Waals surface area contributed by atoms with Gasteiger partial charge in [-0.05, 0) is 48.5 Å². The minimum absolute atomic E-state index is 0.0558. The van der Waals surface area contributed by atoms with Gasteiger partial charge in [-0.25, -0.2) is 0 Å². The lowest BCUT2D eigenvalue weighted by Gasteiger charge is -2.10. The quantitative estimate of drug-likeness (QED) is 0.587. The van der Waals surface area contributed by atoms with Gasteiger partial charge in [0.25, 0.3) is 5.91 Å². The molecule has 0 aromatic heterocycles. The maximum atomic E-state index is 12.1. The van der Waals surface area contributed by atoms with Crippen LogP contribution >= 0.6 is 23.4 Å². The molecule has 2 aromatic carbocycles. The Bertz CT molecular complexity index is 768. The van der Waals surface area contributed by atoms with Crippen molar-refractivity contribution >= 4 is 35.2 Å². The van der Waals surface area contributed by atoms with Crippen LogP contribution in [0.3, 0.4) is 0 Å². The smallest absolute Gasteiger partial charge is 0.406 e. The summed E-state index contributed by atoms with van der Waals surface area (Å²) in [5.41, 5.74) is 4.45. The number of halogens is 4. The summed E-state index contributed by atoms with van der Waals surface area (Å²) in [6.07, 6.45) is -4.81. The predicted octanol–water partition coefficient (Wildman–Crippen LogP) is 3.79. The Morgan fingerprint density at radius 1 is 1.00 bits per heavy atom. The SMILES string of the molecule is O=C(CSc1ccc(Cl)cc1)NNC(=O)c1ccc(OC(F)(F)F)cc1. The zero-order valence-electron chi connectivity index (χ0n) is 13.0. The average molecular weight is 405 g/mol. The molecule has 5 nitrogen and oxygen atoms in total. The summed E-state index contributed by atoms with van der Waals surface area (Å²) < 4.78 is 39.9. The first-order valence-corrected chi connectivity index (χ1v) is 8.43. The molecule has 0 fully saturated rings. The molecule has 0 atom stereocenters. The number of thioether (sulfide) groups is 1. The Balaban J connectivity index is 1.78. The third kappa shape index (κ3) is 6.85. The summed E-state index contributed by atoms with van der Waals surface area (Å²) in [5, 5.41) is 0.581. The van der Waals surface area contributed by atoms with Crippen molar-refractivity contribution in [2.24, 2.45) is 0 Å². The van der Waals surface area contributed by atoms with Crippen molar-refractivity contribution < 1.29 is 27.5 Å². The van der Waals surface area contributed by atoms with Crippen LogP contribution in [-0.2, 0) is 4.79 Å². The molecule has 0 saturated heterocycles. The van der Waals surface area contributed by atoms with E-state index in [1.165, 1.54) is 11.8 Å². The lowest BCUT2D eigenvalue weighted by atomic mass is 10.2. The topological polar surface area (TPSA) is 67.4 Å². The lowest BCUT2D eigenvalue weighted by Crippen LogP contribution is -2.42. The molecule has 2 amide bonds. The van der Waals surface area contributed by atoms with Crippen LogP contribution in [0.4, 0.5) is 13.2 Å². The first-order chi connectivity index (χ1) is 12.2. The summed E-state index contributed by atoms with van der Waals surface area (Å²) in [7, 11) is 0. The number of benzene rings is 2. The van der Waals surface area contributed by atoms with Crippen LogP contribution in [0, 0.1) is 0 Å². The number of carbonyl (C=O) groups is 2. The third-order valence-electron chi connectivity index (χ3n) is 2.85. The van der Waals surface area contributed by atoms with Crippen LogP contribution in [0.2, 0.25) is 5.02 Å². The molecular formula is C16H12ClF3N2O3S. The van der Waals surface area contributed by atoms with Crippen molar-refractivity contribution in [1.82, 2.24) is 10.9 Å². The average Bonchev–Trinajstić information content (AvgIpc) is 2.58. The largest absolute Gasteiger partial charge is 0.573 e. The van der Waals surface area contributed by atoms with Gasteiger partial charge in [-0.1, -0.05) is 11.6 Å². The minimum atomic E-state index is -4.81. The molecule has 10 heteroatoms. The zero-order chi connectivity index (χ0) is 19.2. The summed E-state index contributed by atoms with van der Waals surface area (Å²) in [6.45, 7) is 0. The number of hydrogen-bond donors (Lipinski definition) is 2. The van der Waals surface area contributed by atoms with Crippen molar-refractivity contribution in [2.45, 2.75) is 11.3 Å². The molecular weight excluding hydrogens is 393 g/mol. The number of hydrazine groups is 1. The van der Waals surface area contributed by atoms with Crippen LogP contribution in [0.25, 0.3) is 0 Å². The third-order valence-corrected chi connectivity index (χ3v) is 4.11. The van der Waals surface area contributed by atoms with Crippen molar-refractivity contribution in [3.63, 3.8) is 0 Å². The van der Waals surface area contributed by atoms with Gasteiger partial charge < -0.3 is 4.74 Å². The molecule has 0 aliphatic rings. The number of ether oxygens (including phenoxy) is 1. The number of carbonyl (C=O) groups excluding carboxylic acids is 2. The fourth-order valence-corrected chi connectivity index (χ4v) is 2.55. The van der Waals surface area contributed by atoms with Crippen LogP contribution in [-0.4, -0.2) is 23.9 Å². The number of rotatable bonds is 5. The monoisotopic (exact) mass is 404 g/mol. The Kier molecular flexibility index (Phi) is 6.76. The maximum Gasteiger partial charge on any atom is 0.573 e. The van der Waals surface area contributed by atoms with Crippen molar-refractivity contribution in [3.8, 4) is 5.75 Å². The van der Waals surface area contributed by atoms with E-state index in [-0.39, 0.29) is 11.3 Å². The summed E-state index contributed by atoms with van der Waals surface area (Å²) in [5.74, 6) is -1.51. The Hall–Kier alpha value is -2.39. The molecule has 0 aliphatic carbocycles. The Morgan fingerprint density at radius 2 is 1.62 bits per heavy atom. The highest BCUT2D eigenvalue weighted by Gasteiger charge is 2.31. The van der Waals surface area contributed by atoms with Gasteiger partial charge in [0, 0.05) is 15.5 Å². The van der Waals surface area contributed by atoms with Crippen molar-refractivity contribution in [3.05, 3.63) is 59.1 Å². The number of alkyl halides is 3. The molecule has 138 valence electrons. The first kappa shape index (κ1) is 19.9. The van der Waals surface area contributed by atoms with E-state index in [4.69, 9.17) is 11.6 Å². The fourth-order valence-electron chi connectivity index (χ4n) is 1.72. The second-order valence-corrected chi connectivity index (χ2v) is 6.30. The molecule has 2 N–H and O–H groups in total. The molecule has 0 radical (unpaired) electrons. The van der Waals surface area contributed by atoms with Crippen molar-refractivity contribution in [1.29, 1.82) is 0 Å². The molecule has 2 rings (SSSR count). The van der Waals surface area contributed by atoms with Crippen LogP contribution in [0.15, 0.2) is 53.4 Å². The molecule has 0 saturated carbocycles. The number of nitrogens with one attached hydrogen (secondary N) is 2. The van der Waals surface area contributed by atoms with Gasteiger partial charge >= 0.3 is 6.36 Å². The van der Waals surface area contributed by atoms with Gasteiger partial charge in [-0.2, -0.15) is 0 Å². The second-order valence-electron chi connectivity index (χ2n) is 4.82. The lowest BCUT2D eigenvalue weighted by molar-refractivity contribution is -0.274. The molecule has 26 heavy (non-hydrogen) atoms. The molecule has 0 spiro atoms. The molecule has 0 unspecified atom stereocenters. The van der Waals surface area contributed by atoms with E-state index in [2.05, 4.69) is 15.6 Å². The highest BCUT2D eigenvalue weighted by atomic mass is 35.5. The van der Waals surface area contributed by atoms with Gasteiger partial charge in [0.15, 0.2) is 0 Å². The molecule has 0 heterocycles. The van der Waals surface area contributed by atoms with Crippen LogP contribution in [0.1, 0.15) is 10.4 Å². The summed E-state index contributed by atoms with van der Waals surface area (Å²) >= 11 is 7.01. The molecule has 2 aromatic rings. The van der Waals surface area contributed by atoms with E-state index in [0.717, 1.165) is 29.2 Å². The number of amides is 2. The van der Waals surface area contributed by atoms with Gasteiger partial charge in [0.05, 0.1) is 5.75 Å². The van der Waals surface area contributed by atoms with Gasteiger partial charge in [0.2, 0.25) is 5.91 Å². The standard InChI is InChI=1S/C16H12ClF3N2O3S/c17-11-3-7-13(8-4-11)26-9-14(23)21-22-15(24)10-1-5-12(6-2-10)25-16(18,19)20/h1-8H,9H2,(H,21,23)(H,22,24). The molecule has 0 bridgehead atoms. The van der Waals surface area contributed by atoms with Crippen LogP contribution in [0.5, 0.6) is 5.75 Å². The van der Waals surface area contributed by atoms with E-state index >= 15 is 0 Å². The van der Waals surface area contributed by atoms with E-state index in [1.807, 2.05) is 0 Å². The normalized spacial score (nSPS) is 10.9. The van der Waals surface area contributed by atoms with E-state index in [1.54, 1.807) is 24.3 Å².